The summed E-state index contributed by atoms with van der Waals surface area (Å²) in [7, 11) is 0. The van der Waals surface area contributed by atoms with Gasteiger partial charge in [0, 0.05) is 16.3 Å². The van der Waals surface area contributed by atoms with Gasteiger partial charge in [-0.3, -0.25) is 0 Å². The van der Waals surface area contributed by atoms with E-state index in [4.69, 9.17) is 5.53 Å². The minimum atomic E-state index is -0.653. The van der Waals surface area contributed by atoms with Crippen LogP contribution >= 0.6 is 0 Å². The van der Waals surface area contributed by atoms with Crippen molar-refractivity contribution in [3.63, 3.8) is 0 Å². The zero-order valence-corrected chi connectivity index (χ0v) is 13.4. The fourth-order valence-corrected chi connectivity index (χ4v) is 4.08. The number of aliphatic hydroxyl groups is 1. The number of aliphatic hydroxyl groups excluding tert-OH is 1. The molecule has 1 saturated carbocycles. The van der Waals surface area contributed by atoms with Gasteiger partial charge in [-0.25, -0.2) is 0 Å². The largest absolute Gasteiger partial charge is 0.391 e. The van der Waals surface area contributed by atoms with Crippen LogP contribution in [-0.4, -0.2) is 23.3 Å². The van der Waals surface area contributed by atoms with Crippen molar-refractivity contribution in [1.29, 1.82) is 0 Å². The number of rotatable bonds is 2. The Balaban J connectivity index is 1.83. The molecule has 1 N–H and O–H groups in total. The number of anilines is 2. The molecule has 3 atom stereocenters. The molecule has 0 saturated heterocycles. The van der Waals surface area contributed by atoms with Crippen molar-refractivity contribution >= 4 is 11.4 Å². The van der Waals surface area contributed by atoms with Crippen LogP contribution in [-0.2, 0) is 12.8 Å². The zero-order valence-electron chi connectivity index (χ0n) is 13.4. The van der Waals surface area contributed by atoms with Crippen molar-refractivity contribution in [2.75, 3.05) is 4.90 Å². The van der Waals surface area contributed by atoms with Crippen molar-refractivity contribution in [3.05, 3.63) is 70.1 Å². The predicted molar refractivity (Wildman–Crippen MR) is 94.4 cm³/mol. The zero-order chi connectivity index (χ0) is 16.5. The standard InChI is InChI=1S/C19H20N4O/c20-22-21-15-11-12-18(19(15)24)23-16-7-3-1-5-13(16)9-10-14-6-2-4-8-17(14)23/h1-8,15,18-19,24H,9-12H2/t15-,18+,19+/m0/s1. The van der Waals surface area contributed by atoms with Crippen LogP contribution < -0.4 is 4.90 Å². The van der Waals surface area contributed by atoms with E-state index in [0.29, 0.717) is 0 Å². The Morgan fingerprint density at radius 3 is 2.12 bits per heavy atom. The molecule has 1 heterocycles. The number of fused-ring (bicyclic) bond motifs is 2. The lowest BCUT2D eigenvalue weighted by Gasteiger charge is -2.35. The lowest BCUT2D eigenvalue weighted by Crippen LogP contribution is -2.40. The maximum absolute atomic E-state index is 10.8. The van der Waals surface area contributed by atoms with Crippen LogP contribution in [0.2, 0.25) is 0 Å². The van der Waals surface area contributed by atoms with E-state index < -0.39 is 6.10 Å². The lowest BCUT2D eigenvalue weighted by molar-refractivity contribution is 0.148. The summed E-state index contributed by atoms with van der Waals surface area (Å²) < 4.78 is 0. The summed E-state index contributed by atoms with van der Waals surface area (Å²) in [6.45, 7) is 0. The van der Waals surface area contributed by atoms with Gasteiger partial charge in [0.1, 0.15) is 0 Å². The molecule has 0 amide bonds. The molecule has 2 aliphatic rings. The third-order valence-corrected chi connectivity index (χ3v) is 5.24. The Labute approximate surface area is 141 Å². The molecule has 0 bridgehead atoms. The molecule has 0 radical (unpaired) electrons. The maximum atomic E-state index is 10.8. The van der Waals surface area contributed by atoms with E-state index >= 15 is 0 Å². The van der Waals surface area contributed by atoms with Gasteiger partial charge in [-0.05, 0) is 54.5 Å². The third-order valence-electron chi connectivity index (χ3n) is 5.24. The molecule has 1 aliphatic heterocycles. The minimum absolute atomic E-state index is 0.0686. The van der Waals surface area contributed by atoms with Gasteiger partial charge in [-0.2, -0.15) is 0 Å². The average molecular weight is 320 g/mol. The highest BCUT2D eigenvalue weighted by molar-refractivity contribution is 5.72. The number of aryl methyl sites for hydroxylation is 2. The molecular weight excluding hydrogens is 300 g/mol. The molecule has 5 nitrogen and oxygen atoms in total. The fourth-order valence-electron chi connectivity index (χ4n) is 4.08. The number of para-hydroxylation sites is 2. The first-order chi connectivity index (χ1) is 11.8. The van der Waals surface area contributed by atoms with Gasteiger partial charge in [0.25, 0.3) is 0 Å². The second-order valence-corrected chi connectivity index (χ2v) is 6.53. The maximum Gasteiger partial charge on any atom is 0.0832 e. The van der Waals surface area contributed by atoms with E-state index in [0.717, 1.165) is 37.1 Å². The van der Waals surface area contributed by atoms with Gasteiger partial charge in [-0.15, -0.1) is 0 Å². The van der Waals surface area contributed by atoms with Crippen LogP contribution in [0, 0.1) is 0 Å². The molecular formula is C19H20N4O. The van der Waals surface area contributed by atoms with Crippen molar-refractivity contribution in [3.8, 4) is 0 Å². The smallest absolute Gasteiger partial charge is 0.0832 e. The summed E-state index contributed by atoms with van der Waals surface area (Å²) in [6.07, 6.45) is 2.86. The molecule has 1 aliphatic carbocycles. The first kappa shape index (κ1) is 15.1. The number of nitrogens with zero attached hydrogens (tertiary/aromatic N) is 4. The van der Waals surface area contributed by atoms with E-state index in [-0.39, 0.29) is 12.1 Å². The van der Waals surface area contributed by atoms with Crippen LogP contribution in [0.1, 0.15) is 24.0 Å². The number of hydrogen-bond acceptors (Lipinski definition) is 3. The Kier molecular flexibility index (Phi) is 3.89. The van der Waals surface area contributed by atoms with Gasteiger partial charge in [-0.1, -0.05) is 41.5 Å². The molecule has 0 unspecified atom stereocenters. The molecule has 4 rings (SSSR count). The topological polar surface area (TPSA) is 72.2 Å². The number of azide groups is 1. The molecule has 0 spiro atoms. The van der Waals surface area contributed by atoms with Gasteiger partial charge in [0.15, 0.2) is 0 Å². The quantitative estimate of drug-likeness (QED) is 0.513. The van der Waals surface area contributed by atoms with Gasteiger partial charge in [0.05, 0.1) is 18.2 Å². The van der Waals surface area contributed by atoms with Gasteiger partial charge >= 0.3 is 0 Å². The summed E-state index contributed by atoms with van der Waals surface area (Å²) >= 11 is 0. The average Bonchev–Trinajstić information content (AvgIpc) is 2.88. The minimum Gasteiger partial charge on any atom is -0.391 e. The van der Waals surface area contributed by atoms with Crippen molar-refractivity contribution < 1.29 is 5.11 Å². The normalized spacial score (nSPS) is 25.4. The summed E-state index contributed by atoms with van der Waals surface area (Å²) in [6, 6.07) is 16.4. The van der Waals surface area contributed by atoms with E-state index in [2.05, 4.69) is 51.3 Å². The van der Waals surface area contributed by atoms with Crippen LogP contribution in [0.15, 0.2) is 53.6 Å². The highest BCUT2D eigenvalue weighted by Gasteiger charge is 2.40. The van der Waals surface area contributed by atoms with Crippen molar-refractivity contribution in [1.82, 2.24) is 0 Å². The first-order valence-corrected chi connectivity index (χ1v) is 8.47. The SMILES string of the molecule is [N-]=[N+]=N[C@H]1CC[C@@H](N2c3ccccc3CCc3ccccc32)[C@@H]1O. The summed E-state index contributed by atoms with van der Waals surface area (Å²) in [5, 5.41) is 14.6. The van der Waals surface area contributed by atoms with E-state index in [1.54, 1.807) is 0 Å². The Bertz CT molecular complexity index is 752. The summed E-state index contributed by atoms with van der Waals surface area (Å²) in [5.74, 6) is 0. The Morgan fingerprint density at radius 2 is 1.54 bits per heavy atom. The molecule has 2 aromatic carbocycles. The van der Waals surface area contributed by atoms with Gasteiger partial charge in [0.2, 0.25) is 0 Å². The van der Waals surface area contributed by atoms with Crippen LogP contribution in [0.25, 0.3) is 10.4 Å². The molecule has 122 valence electrons. The van der Waals surface area contributed by atoms with Crippen LogP contribution in [0.3, 0.4) is 0 Å². The summed E-state index contributed by atoms with van der Waals surface area (Å²) in [4.78, 5) is 5.17. The number of benzene rings is 2. The molecule has 1 fully saturated rings. The molecule has 24 heavy (non-hydrogen) atoms. The summed E-state index contributed by atoms with van der Waals surface area (Å²) in [5.41, 5.74) is 13.7. The molecule has 2 aromatic rings. The Hall–Kier alpha value is -2.49. The van der Waals surface area contributed by atoms with Crippen LogP contribution in [0.4, 0.5) is 11.4 Å². The Morgan fingerprint density at radius 1 is 0.958 bits per heavy atom. The van der Waals surface area contributed by atoms with E-state index in [9.17, 15) is 5.11 Å². The monoisotopic (exact) mass is 320 g/mol. The van der Waals surface area contributed by atoms with E-state index in [1.165, 1.54) is 11.1 Å². The van der Waals surface area contributed by atoms with Crippen molar-refractivity contribution in [2.45, 2.75) is 43.9 Å². The fraction of sp³-hybridized carbons (Fsp3) is 0.368. The highest BCUT2D eigenvalue weighted by Crippen LogP contribution is 2.41. The lowest BCUT2D eigenvalue weighted by atomic mass is 10.0. The second kappa shape index (κ2) is 6.19. The second-order valence-electron chi connectivity index (χ2n) is 6.53. The molecule has 0 aromatic heterocycles. The number of hydrogen-bond donors (Lipinski definition) is 1. The molecule has 5 heteroatoms. The van der Waals surface area contributed by atoms with Crippen molar-refractivity contribution in [2.24, 2.45) is 5.11 Å². The third kappa shape index (κ3) is 2.42. The van der Waals surface area contributed by atoms with E-state index in [1.807, 2.05) is 12.1 Å². The van der Waals surface area contributed by atoms with Gasteiger partial charge < -0.3 is 10.0 Å². The highest BCUT2D eigenvalue weighted by atomic mass is 16.3. The predicted octanol–water partition coefficient (Wildman–Crippen LogP) is 4.13. The van der Waals surface area contributed by atoms with Crippen LogP contribution in [0.5, 0.6) is 0 Å². The first-order valence-electron chi connectivity index (χ1n) is 8.47.